The minimum absolute atomic E-state index is 0.0879. The number of hydrogen-bond donors (Lipinski definition) is 2. The smallest absolute Gasteiger partial charge is 0.267 e. The molecule has 6 nitrogen and oxygen atoms in total. The number of benzene rings is 2. The largest absolute Gasteiger partial charge is 0.504 e. The Morgan fingerprint density at radius 3 is 2.08 bits per heavy atom. The van der Waals surface area contributed by atoms with Gasteiger partial charge in [-0.3, -0.25) is 4.72 Å². The van der Waals surface area contributed by atoms with Crippen LogP contribution < -0.4 is 14.2 Å². The van der Waals surface area contributed by atoms with Crippen molar-refractivity contribution in [1.29, 1.82) is 0 Å². The van der Waals surface area contributed by atoms with E-state index in [1.807, 2.05) is 0 Å². The summed E-state index contributed by atoms with van der Waals surface area (Å²) in [6.07, 6.45) is 0. The first-order valence-electron chi connectivity index (χ1n) is 6.30. The van der Waals surface area contributed by atoms with Crippen molar-refractivity contribution in [1.82, 2.24) is 0 Å². The highest BCUT2D eigenvalue weighted by molar-refractivity contribution is 7.92. The van der Waals surface area contributed by atoms with E-state index in [9.17, 15) is 35.5 Å². The van der Waals surface area contributed by atoms with E-state index in [2.05, 4.69) is 0 Å². The molecule has 0 fully saturated rings. The molecule has 3 rings (SSSR count). The summed E-state index contributed by atoms with van der Waals surface area (Å²) in [6, 6.07) is 1.79. The summed E-state index contributed by atoms with van der Waals surface area (Å²) in [6.45, 7) is -0.267. The maximum absolute atomic E-state index is 13.7. The lowest BCUT2D eigenvalue weighted by Crippen LogP contribution is -2.19. The molecule has 2 N–H and O–H groups in total. The van der Waals surface area contributed by atoms with Crippen molar-refractivity contribution >= 4 is 15.7 Å². The number of rotatable bonds is 3. The third-order valence-corrected chi connectivity index (χ3v) is 4.54. The van der Waals surface area contributed by atoms with E-state index >= 15 is 0 Å². The second kappa shape index (κ2) is 5.65. The molecule has 0 spiro atoms. The van der Waals surface area contributed by atoms with E-state index in [0.29, 0.717) is 0 Å². The predicted molar refractivity (Wildman–Crippen MR) is 71.3 cm³/mol. The lowest BCUT2D eigenvalue weighted by molar-refractivity contribution is 0.171. The Kier molecular flexibility index (Phi) is 3.86. The zero-order chi connectivity index (χ0) is 18.5. The van der Waals surface area contributed by atoms with Crippen LogP contribution in [0.2, 0.25) is 0 Å². The second-order valence-electron chi connectivity index (χ2n) is 4.73. The normalized spacial score (nSPS) is 13.2. The molecule has 0 amide bonds. The lowest BCUT2D eigenvalue weighted by atomic mass is 10.2. The van der Waals surface area contributed by atoms with Crippen molar-refractivity contribution in [3.63, 3.8) is 0 Å². The standard InChI is InChI=1S/C13H6F5NO5S/c14-7-8(15)10(17)13(11(18)9(7)16)25(21,22)19-4-1-5(20)12-6(2-4)23-3-24-12/h1-2,19-20H,3H2. The Balaban J connectivity index is 2.09. The summed E-state index contributed by atoms with van der Waals surface area (Å²) in [7, 11) is -5.22. The number of aromatic hydroxyl groups is 1. The van der Waals surface area contributed by atoms with Crippen LogP contribution in [0, 0.1) is 29.1 Å². The fraction of sp³-hybridized carbons (Fsp3) is 0.0769. The maximum Gasteiger partial charge on any atom is 0.267 e. The second-order valence-corrected chi connectivity index (χ2v) is 6.35. The van der Waals surface area contributed by atoms with Crippen LogP contribution in [0.15, 0.2) is 17.0 Å². The molecule has 2 aromatic rings. The fourth-order valence-electron chi connectivity index (χ4n) is 2.08. The summed E-state index contributed by atoms with van der Waals surface area (Å²) in [5.74, 6) is -13.1. The highest BCUT2D eigenvalue weighted by atomic mass is 32.2. The minimum atomic E-state index is -5.22. The molecule has 12 heteroatoms. The van der Waals surface area contributed by atoms with Crippen molar-refractivity contribution in [3.05, 3.63) is 41.2 Å². The van der Waals surface area contributed by atoms with Gasteiger partial charge in [0.1, 0.15) is 0 Å². The Bertz CT molecular complexity index is 966. The molecule has 2 aromatic carbocycles. The number of ether oxygens (including phenoxy) is 2. The van der Waals surface area contributed by atoms with Gasteiger partial charge in [-0.05, 0) is 0 Å². The molecule has 0 aromatic heterocycles. The molecule has 0 unspecified atom stereocenters. The van der Waals surface area contributed by atoms with Crippen LogP contribution in [0.25, 0.3) is 0 Å². The van der Waals surface area contributed by atoms with E-state index in [4.69, 9.17) is 9.47 Å². The van der Waals surface area contributed by atoms with Crippen LogP contribution >= 0.6 is 0 Å². The van der Waals surface area contributed by atoms with Crippen LogP contribution in [0.1, 0.15) is 0 Å². The molecule has 1 aliphatic rings. The zero-order valence-corrected chi connectivity index (χ0v) is 12.6. The maximum atomic E-state index is 13.7. The summed E-state index contributed by atoms with van der Waals surface area (Å²) in [5, 5.41) is 9.66. The van der Waals surface area contributed by atoms with Gasteiger partial charge in [0.05, 0.1) is 5.69 Å². The molecular weight excluding hydrogens is 377 g/mol. The zero-order valence-electron chi connectivity index (χ0n) is 11.7. The highest BCUT2D eigenvalue weighted by Crippen LogP contribution is 2.43. The number of fused-ring (bicyclic) bond motifs is 1. The van der Waals surface area contributed by atoms with Gasteiger partial charge < -0.3 is 14.6 Å². The Hall–Kier alpha value is -2.76. The van der Waals surface area contributed by atoms with Crippen LogP contribution in [0.4, 0.5) is 27.6 Å². The van der Waals surface area contributed by atoms with Gasteiger partial charge in [-0.1, -0.05) is 0 Å². The van der Waals surface area contributed by atoms with Gasteiger partial charge in [-0.2, -0.15) is 0 Å². The molecule has 0 aliphatic carbocycles. The van der Waals surface area contributed by atoms with Crippen molar-refractivity contribution in [2.45, 2.75) is 4.90 Å². The summed E-state index contributed by atoms with van der Waals surface area (Å²) in [5.41, 5.74) is -0.453. The molecule has 1 heterocycles. The van der Waals surface area contributed by atoms with Crippen molar-refractivity contribution in [3.8, 4) is 17.2 Å². The average Bonchev–Trinajstić information content (AvgIpc) is 2.99. The molecule has 0 saturated carbocycles. The quantitative estimate of drug-likeness (QED) is 0.484. The van der Waals surface area contributed by atoms with Gasteiger partial charge in [-0.25, -0.2) is 30.4 Å². The monoisotopic (exact) mass is 383 g/mol. The molecule has 0 atom stereocenters. The fourth-order valence-corrected chi connectivity index (χ4v) is 3.26. The molecule has 0 radical (unpaired) electrons. The first kappa shape index (κ1) is 17.1. The van der Waals surface area contributed by atoms with Crippen molar-refractivity contribution in [2.75, 3.05) is 11.5 Å². The third kappa shape index (κ3) is 2.67. The third-order valence-electron chi connectivity index (χ3n) is 3.14. The molecular formula is C13H6F5NO5S. The highest BCUT2D eigenvalue weighted by Gasteiger charge is 2.34. The molecule has 0 bridgehead atoms. The van der Waals surface area contributed by atoms with Crippen LogP contribution in [-0.4, -0.2) is 20.3 Å². The number of hydrogen-bond acceptors (Lipinski definition) is 5. The molecule has 134 valence electrons. The number of phenolic OH excluding ortho intramolecular Hbond substituents is 1. The number of nitrogens with one attached hydrogen (secondary N) is 1. The summed E-state index contributed by atoms with van der Waals surface area (Å²) in [4.78, 5) is -2.05. The number of halogens is 5. The Morgan fingerprint density at radius 2 is 1.48 bits per heavy atom. The number of phenols is 1. The summed E-state index contributed by atoms with van der Waals surface area (Å²) >= 11 is 0. The van der Waals surface area contributed by atoms with Crippen LogP contribution in [0.3, 0.4) is 0 Å². The van der Waals surface area contributed by atoms with Crippen molar-refractivity contribution < 1.29 is 45.0 Å². The Labute approximate surface area is 136 Å². The molecule has 1 aliphatic heterocycles. The van der Waals surface area contributed by atoms with Gasteiger partial charge in [0.15, 0.2) is 39.7 Å². The predicted octanol–water partition coefficient (Wildman–Crippen LogP) is 2.62. The first-order valence-corrected chi connectivity index (χ1v) is 7.78. The van der Waals surface area contributed by atoms with Gasteiger partial charge >= 0.3 is 0 Å². The van der Waals surface area contributed by atoms with Gasteiger partial charge in [-0.15, -0.1) is 0 Å². The number of sulfonamides is 1. The first-order chi connectivity index (χ1) is 11.6. The van der Waals surface area contributed by atoms with Gasteiger partial charge in [0.25, 0.3) is 10.0 Å². The molecule has 0 saturated heterocycles. The lowest BCUT2D eigenvalue weighted by Gasteiger charge is -2.12. The summed E-state index contributed by atoms with van der Waals surface area (Å²) < 4.78 is 102. The van der Waals surface area contributed by atoms with Crippen LogP contribution in [-0.2, 0) is 10.0 Å². The van der Waals surface area contributed by atoms with Gasteiger partial charge in [0, 0.05) is 12.1 Å². The van der Waals surface area contributed by atoms with Crippen molar-refractivity contribution in [2.24, 2.45) is 0 Å². The van der Waals surface area contributed by atoms with E-state index in [0.717, 1.165) is 12.1 Å². The Morgan fingerprint density at radius 1 is 0.920 bits per heavy atom. The minimum Gasteiger partial charge on any atom is -0.504 e. The topological polar surface area (TPSA) is 84.9 Å². The molecule has 25 heavy (non-hydrogen) atoms. The number of anilines is 1. The van der Waals surface area contributed by atoms with E-state index < -0.39 is 55.4 Å². The average molecular weight is 383 g/mol. The van der Waals surface area contributed by atoms with E-state index in [-0.39, 0.29) is 18.3 Å². The SMILES string of the molecule is O=S(=O)(Nc1cc(O)c2c(c1)OCO2)c1c(F)c(F)c(F)c(F)c1F. The van der Waals surface area contributed by atoms with Gasteiger partial charge in [0.2, 0.25) is 18.4 Å². The van der Waals surface area contributed by atoms with Crippen LogP contribution in [0.5, 0.6) is 17.2 Å². The van der Waals surface area contributed by atoms with E-state index in [1.54, 1.807) is 4.72 Å². The van der Waals surface area contributed by atoms with E-state index in [1.165, 1.54) is 0 Å².